The number of hydrogen-bond donors (Lipinski definition) is 2. The fourth-order valence-electron chi connectivity index (χ4n) is 4.55. The number of fused-ring (bicyclic) bond motifs is 1. The average Bonchev–Trinajstić information content (AvgIpc) is 3.66. The van der Waals surface area contributed by atoms with E-state index in [0.29, 0.717) is 12.2 Å². The maximum atomic E-state index is 13.2. The fourth-order valence-corrected chi connectivity index (χ4v) is 6.99. The van der Waals surface area contributed by atoms with E-state index in [1.807, 2.05) is 18.2 Å². The summed E-state index contributed by atoms with van der Waals surface area (Å²) in [7, 11) is -2.36. The zero-order chi connectivity index (χ0) is 27.4. The Kier molecular flexibility index (Phi) is 8.53. The SMILES string of the molecule is COc1ccc(S(=O)(=O)N(CCO)CCO[C@@H]2C[C@H](c3csc4ccccc34)C=C(C(=O)NC3CC3)O2)cc1. The Morgan fingerprint density at radius 1 is 1.15 bits per heavy atom. The molecule has 11 heteroatoms. The first-order valence-corrected chi connectivity index (χ1v) is 15.2. The number of carbonyl (C=O) groups excluding carboxylic acids is 1. The lowest BCUT2D eigenvalue weighted by Crippen LogP contribution is -2.38. The van der Waals surface area contributed by atoms with Gasteiger partial charge in [0.25, 0.3) is 5.91 Å². The van der Waals surface area contributed by atoms with Gasteiger partial charge >= 0.3 is 0 Å². The van der Waals surface area contributed by atoms with Crippen LogP contribution in [0.3, 0.4) is 0 Å². The second-order valence-corrected chi connectivity index (χ2v) is 12.4. The predicted molar refractivity (Wildman–Crippen MR) is 148 cm³/mol. The van der Waals surface area contributed by atoms with Crippen molar-refractivity contribution in [3.05, 3.63) is 71.3 Å². The molecule has 208 valence electrons. The van der Waals surface area contributed by atoms with Crippen molar-refractivity contribution >= 4 is 37.4 Å². The Labute approximate surface area is 232 Å². The molecule has 2 heterocycles. The third-order valence-electron chi connectivity index (χ3n) is 6.80. The van der Waals surface area contributed by atoms with Gasteiger partial charge < -0.3 is 24.6 Å². The van der Waals surface area contributed by atoms with Crippen LogP contribution in [0.15, 0.2) is 70.6 Å². The summed E-state index contributed by atoms with van der Waals surface area (Å²) in [6, 6.07) is 14.4. The van der Waals surface area contributed by atoms with Crippen LogP contribution in [-0.2, 0) is 24.3 Å². The number of amides is 1. The van der Waals surface area contributed by atoms with E-state index in [9.17, 15) is 18.3 Å². The highest BCUT2D eigenvalue weighted by Crippen LogP contribution is 2.38. The lowest BCUT2D eigenvalue weighted by Gasteiger charge is -2.30. The molecule has 2 aliphatic rings. The molecule has 9 nitrogen and oxygen atoms in total. The van der Waals surface area contributed by atoms with E-state index >= 15 is 0 Å². The molecule has 1 aromatic heterocycles. The van der Waals surface area contributed by atoms with E-state index in [0.717, 1.165) is 28.5 Å². The average molecular weight is 573 g/mol. The number of thiophene rings is 1. The maximum Gasteiger partial charge on any atom is 0.286 e. The van der Waals surface area contributed by atoms with Crippen LogP contribution in [0, 0.1) is 0 Å². The molecule has 1 aliphatic heterocycles. The van der Waals surface area contributed by atoms with Crippen molar-refractivity contribution in [1.82, 2.24) is 9.62 Å². The van der Waals surface area contributed by atoms with Crippen molar-refractivity contribution in [1.29, 1.82) is 0 Å². The van der Waals surface area contributed by atoms with Gasteiger partial charge in [0.1, 0.15) is 5.75 Å². The van der Waals surface area contributed by atoms with Crippen molar-refractivity contribution < 1.29 is 32.5 Å². The number of nitrogens with zero attached hydrogens (tertiary/aromatic N) is 1. The summed E-state index contributed by atoms with van der Waals surface area (Å²) in [5.41, 5.74) is 1.10. The predicted octanol–water partition coefficient (Wildman–Crippen LogP) is 3.60. The number of ether oxygens (including phenoxy) is 3. The van der Waals surface area contributed by atoms with Crippen molar-refractivity contribution in [2.75, 3.05) is 33.4 Å². The van der Waals surface area contributed by atoms with Crippen LogP contribution in [0.4, 0.5) is 0 Å². The van der Waals surface area contributed by atoms with E-state index in [-0.39, 0.29) is 54.8 Å². The molecule has 5 rings (SSSR count). The number of sulfonamides is 1. The normalized spacial score (nSPS) is 19.5. The van der Waals surface area contributed by atoms with Gasteiger partial charge in [-0.05, 0) is 65.6 Å². The van der Waals surface area contributed by atoms with Gasteiger partial charge in [-0.3, -0.25) is 4.79 Å². The molecule has 1 aliphatic carbocycles. The Morgan fingerprint density at radius 2 is 1.92 bits per heavy atom. The molecule has 3 aromatic rings. The summed E-state index contributed by atoms with van der Waals surface area (Å²) in [4.78, 5) is 13.0. The zero-order valence-corrected chi connectivity index (χ0v) is 23.2. The van der Waals surface area contributed by atoms with Crippen LogP contribution >= 0.6 is 11.3 Å². The van der Waals surface area contributed by atoms with E-state index < -0.39 is 16.3 Å². The molecule has 1 fully saturated rings. The van der Waals surface area contributed by atoms with E-state index in [4.69, 9.17) is 14.2 Å². The van der Waals surface area contributed by atoms with Gasteiger partial charge in [-0.1, -0.05) is 18.2 Å². The molecule has 1 saturated carbocycles. The Bertz CT molecular complexity index is 1430. The molecular formula is C28H32N2O7S2. The Balaban J connectivity index is 1.29. The zero-order valence-electron chi connectivity index (χ0n) is 21.6. The van der Waals surface area contributed by atoms with Gasteiger partial charge in [0.15, 0.2) is 5.76 Å². The van der Waals surface area contributed by atoms with Crippen LogP contribution in [-0.4, -0.2) is 69.5 Å². The molecular weight excluding hydrogens is 540 g/mol. The number of rotatable bonds is 12. The highest BCUT2D eigenvalue weighted by Gasteiger charge is 2.33. The molecule has 2 atom stereocenters. The largest absolute Gasteiger partial charge is 0.497 e. The lowest BCUT2D eigenvalue weighted by atomic mass is 9.92. The van der Waals surface area contributed by atoms with Crippen LogP contribution in [0.2, 0.25) is 0 Å². The molecule has 1 amide bonds. The minimum absolute atomic E-state index is 0.00808. The first-order chi connectivity index (χ1) is 18.9. The standard InChI is InChI=1S/C28H32N2O7S2/c1-35-21-8-10-22(11-9-21)39(33,34)30(12-14-31)13-15-36-27-17-19(16-25(37-27)28(32)29-20-6-7-20)24-18-38-26-5-3-2-4-23(24)26/h2-5,8-11,16,18-20,27,31H,6-7,12-15,17H2,1H3,(H,29,32)/t19-,27+/m1/s1. The van der Waals surface area contributed by atoms with E-state index in [2.05, 4.69) is 22.8 Å². The number of carbonyl (C=O) groups is 1. The summed E-state index contributed by atoms with van der Waals surface area (Å²) in [5.74, 6) is 0.398. The molecule has 0 spiro atoms. The summed E-state index contributed by atoms with van der Waals surface area (Å²) in [6.07, 6.45) is 3.52. The third-order valence-corrected chi connectivity index (χ3v) is 9.69. The highest BCUT2D eigenvalue weighted by atomic mass is 32.2. The van der Waals surface area contributed by atoms with Crippen LogP contribution < -0.4 is 10.1 Å². The number of aliphatic hydroxyl groups excluding tert-OH is 1. The number of benzene rings is 2. The molecule has 0 unspecified atom stereocenters. The van der Waals surface area contributed by atoms with Crippen LogP contribution in [0.5, 0.6) is 5.75 Å². The Morgan fingerprint density at radius 3 is 2.64 bits per heavy atom. The number of aliphatic hydroxyl groups is 1. The van der Waals surface area contributed by atoms with Gasteiger partial charge in [0.05, 0.1) is 25.2 Å². The topological polar surface area (TPSA) is 114 Å². The summed E-state index contributed by atoms with van der Waals surface area (Å²) >= 11 is 1.65. The fraction of sp³-hybridized carbons (Fsp3) is 0.393. The van der Waals surface area contributed by atoms with Gasteiger partial charge in [-0.2, -0.15) is 4.31 Å². The van der Waals surface area contributed by atoms with Crippen LogP contribution in [0.1, 0.15) is 30.7 Å². The molecule has 0 radical (unpaired) electrons. The molecule has 0 saturated heterocycles. The van der Waals surface area contributed by atoms with Gasteiger partial charge in [0.2, 0.25) is 16.3 Å². The lowest BCUT2D eigenvalue weighted by molar-refractivity contribution is -0.146. The van der Waals surface area contributed by atoms with Crippen molar-refractivity contribution in [2.24, 2.45) is 0 Å². The second kappa shape index (κ2) is 12.1. The summed E-state index contributed by atoms with van der Waals surface area (Å²) in [5, 5.41) is 15.7. The molecule has 2 aromatic carbocycles. The summed E-state index contributed by atoms with van der Waals surface area (Å²) < 4.78 is 45.9. The Hall–Kier alpha value is -2.96. The number of nitrogens with one attached hydrogen (secondary N) is 1. The van der Waals surface area contributed by atoms with Crippen LogP contribution in [0.25, 0.3) is 10.1 Å². The highest BCUT2D eigenvalue weighted by molar-refractivity contribution is 7.89. The maximum absolute atomic E-state index is 13.2. The minimum atomic E-state index is -3.87. The first kappa shape index (κ1) is 27.6. The van der Waals surface area contributed by atoms with E-state index in [1.54, 1.807) is 23.5 Å². The van der Waals surface area contributed by atoms with Crippen molar-refractivity contribution in [2.45, 2.75) is 42.4 Å². The number of methoxy groups -OCH3 is 1. The molecule has 39 heavy (non-hydrogen) atoms. The summed E-state index contributed by atoms with van der Waals surface area (Å²) in [6.45, 7) is -0.388. The van der Waals surface area contributed by atoms with Gasteiger partial charge in [-0.25, -0.2) is 8.42 Å². The molecule has 2 N–H and O–H groups in total. The smallest absolute Gasteiger partial charge is 0.286 e. The van der Waals surface area contributed by atoms with Crippen molar-refractivity contribution in [3.63, 3.8) is 0 Å². The number of hydrogen-bond acceptors (Lipinski definition) is 8. The van der Waals surface area contributed by atoms with E-state index in [1.165, 1.54) is 23.5 Å². The third kappa shape index (κ3) is 6.44. The first-order valence-electron chi connectivity index (χ1n) is 12.9. The van der Waals surface area contributed by atoms with Gasteiger partial charge in [-0.15, -0.1) is 11.3 Å². The van der Waals surface area contributed by atoms with Crippen molar-refractivity contribution in [3.8, 4) is 5.75 Å². The molecule has 0 bridgehead atoms. The van der Waals surface area contributed by atoms with Gasteiger partial charge in [0, 0.05) is 36.2 Å². The monoisotopic (exact) mass is 572 g/mol. The minimum Gasteiger partial charge on any atom is -0.497 e. The second-order valence-electron chi connectivity index (χ2n) is 9.53. The number of allylic oxidation sites excluding steroid dienone is 1. The quantitative estimate of drug-likeness (QED) is 0.341.